The second-order valence-electron chi connectivity index (χ2n) is 9.12. The summed E-state index contributed by atoms with van der Waals surface area (Å²) in [6, 6.07) is 13.5. The Labute approximate surface area is 232 Å². The van der Waals surface area contributed by atoms with Crippen molar-refractivity contribution < 1.29 is 27.8 Å². The van der Waals surface area contributed by atoms with Crippen molar-refractivity contribution in [1.29, 1.82) is 0 Å². The highest BCUT2D eigenvalue weighted by Crippen LogP contribution is 2.21. The van der Waals surface area contributed by atoms with E-state index in [0.717, 1.165) is 37.2 Å². The number of aryl methyl sites for hydroxylation is 1. The number of ether oxygens (including phenoxy) is 1. The number of halogens is 3. The molecular formula is C27H28F3N7O4. The lowest BCUT2D eigenvalue weighted by molar-refractivity contribution is -0.192. The number of nitrogens with zero attached hydrogens (tertiary/aromatic N) is 5. The predicted octanol–water partition coefficient (Wildman–Crippen LogP) is 3.98. The molecule has 1 aromatic carbocycles. The topological polar surface area (TPSA) is 136 Å². The molecule has 4 heterocycles. The fraction of sp³-hybridized carbons (Fsp3) is 0.296. The fourth-order valence-corrected chi connectivity index (χ4v) is 4.13. The zero-order valence-corrected chi connectivity index (χ0v) is 22.1. The number of alkyl halides is 3. The molecule has 0 radical (unpaired) electrons. The lowest BCUT2D eigenvalue weighted by Gasteiger charge is -2.23. The monoisotopic (exact) mass is 571 g/mol. The van der Waals surface area contributed by atoms with E-state index in [0.29, 0.717) is 35.2 Å². The van der Waals surface area contributed by atoms with Gasteiger partial charge in [0.2, 0.25) is 11.8 Å². The number of benzene rings is 1. The number of allylic oxidation sites excluding steroid dienone is 1. The minimum Gasteiger partial charge on any atom is -0.475 e. The van der Waals surface area contributed by atoms with E-state index < -0.39 is 12.1 Å². The number of pyridine rings is 1. The van der Waals surface area contributed by atoms with Crippen LogP contribution < -0.4 is 20.9 Å². The summed E-state index contributed by atoms with van der Waals surface area (Å²) in [5.41, 5.74) is 2.25. The number of carboxylic acids is 1. The molecule has 4 aromatic rings. The maximum absolute atomic E-state index is 13.2. The van der Waals surface area contributed by atoms with Gasteiger partial charge in [0.15, 0.2) is 11.5 Å². The van der Waals surface area contributed by atoms with Gasteiger partial charge in [-0.25, -0.2) is 19.1 Å². The number of fused-ring (bicyclic) bond motifs is 1. The molecule has 0 spiro atoms. The van der Waals surface area contributed by atoms with Gasteiger partial charge in [-0.05, 0) is 56.6 Å². The van der Waals surface area contributed by atoms with Gasteiger partial charge in [-0.15, -0.1) is 6.58 Å². The highest BCUT2D eigenvalue weighted by Gasteiger charge is 2.38. The number of hydrogen-bond donors (Lipinski definition) is 3. The summed E-state index contributed by atoms with van der Waals surface area (Å²) in [5.74, 6) is -1.30. The number of nitrogens with one attached hydrogen (secondary N) is 2. The van der Waals surface area contributed by atoms with Crippen LogP contribution in [-0.4, -0.2) is 60.8 Å². The van der Waals surface area contributed by atoms with E-state index in [4.69, 9.17) is 19.6 Å². The van der Waals surface area contributed by atoms with Crippen LogP contribution in [0.2, 0.25) is 0 Å². The smallest absolute Gasteiger partial charge is 0.475 e. The SMILES string of the molecule is C=CCn1c(=O)c2cnc(Nc3cccc(C)c3)nc2n1-c1cccc(OC2CCNCC2)n1.O=C(O)C(F)(F)F. The molecule has 11 nitrogen and oxygen atoms in total. The van der Waals surface area contributed by atoms with Crippen LogP contribution in [0.4, 0.5) is 24.8 Å². The number of anilines is 2. The average Bonchev–Trinajstić information content (AvgIpc) is 3.20. The first kappa shape index (κ1) is 29.3. The van der Waals surface area contributed by atoms with Gasteiger partial charge in [-0.1, -0.05) is 24.3 Å². The first-order valence-corrected chi connectivity index (χ1v) is 12.6. The number of rotatable bonds is 7. The number of aromatic nitrogens is 5. The fourth-order valence-electron chi connectivity index (χ4n) is 4.13. The first-order valence-electron chi connectivity index (χ1n) is 12.6. The van der Waals surface area contributed by atoms with Crippen LogP contribution >= 0.6 is 0 Å². The molecule has 0 saturated carbocycles. The molecule has 41 heavy (non-hydrogen) atoms. The quantitative estimate of drug-likeness (QED) is 0.282. The maximum atomic E-state index is 13.2. The van der Waals surface area contributed by atoms with E-state index in [1.807, 2.05) is 49.4 Å². The van der Waals surface area contributed by atoms with E-state index in [2.05, 4.69) is 27.2 Å². The predicted molar refractivity (Wildman–Crippen MR) is 146 cm³/mol. The minimum atomic E-state index is -5.08. The third-order valence-corrected chi connectivity index (χ3v) is 5.99. The number of aliphatic carboxylic acids is 1. The van der Waals surface area contributed by atoms with Gasteiger partial charge < -0.3 is 20.5 Å². The molecule has 0 unspecified atom stereocenters. The molecule has 0 aliphatic carbocycles. The van der Waals surface area contributed by atoms with Crippen LogP contribution in [0.5, 0.6) is 5.88 Å². The third kappa shape index (κ3) is 7.28. The van der Waals surface area contributed by atoms with Gasteiger partial charge in [0.1, 0.15) is 11.5 Å². The summed E-state index contributed by atoms with van der Waals surface area (Å²) < 4.78 is 41.1. The van der Waals surface area contributed by atoms with Crippen molar-refractivity contribution in [3.05, 3.63) is 77.2 Å². The van der Waals surface area contributed by atoms with Gasteiger partial charge in [0.05, 0.1) is 6.54 Å². The molecule has 0 atom stereocenters. The lowest BCUT2D eigenvalue weighted by Crippen LogP contribution is -2.34. The summed E-state index contributed by atoms with van der Waals surface area (Å²) in [6.07, 6.45) is 0.120. The Morgan fingerprint density at radius 1 is 1.22 bits per heavy atom. The first-order chi connectivity index (χ1) is 19.6. The molecule has 0 bridgehead atoms. The molecule has 3 N–H and O–H groups in total. The minimum absolute atomic E-state index is 0.119. The molecule has 216 valence electrons. The molecule has 0 amide bonds. The van der Waals surface area contributed by atoms with Gasteiger partial charge in [0, 0.05) is 18.0 Å². The van der Waals surface area contributed by atoms with Crippen LogP contribution in [0.25, 0.3) is 16.9 Å². The molecule has 3 aromatic heterocycles. The van der Waals surface area contributed by atoms with Crippen molar-refractivity contribution >= 4 is 28.6 Å². The second-order valence-corrected chi connectivity index (χ2v) is 9.12. The van der Waals surface area contributed by atoms with Crippen molar-refractivity contribution in [3.8, 4) is 11.7 Å². The highest BCUT2D eigenvalue weighted by atomic mass is 19.4. The van der Waals surface area contributed by atoms with Crippen LogP contribution in [0.1, 0.15) is 18.4 Å². The van der Waals surface area contributed by atoms with Crippen molar-refractivity contribution in [2.24, 2.45) is 0 Å². The zero-order chi connectivity index (χ0) is 29.6. The molecule has 1 aliphatic heterocycles. The van der Waals surface area contributed by atoms with Crippen LogP contribution in [0.15, 0.2) is 66.1 Å². The Morgan fingerprint density at radius 3 is 2.59 bits per heavy atom. The Morgan fingerprint density at radius 2 is 1.93 bits per heavy atom. The largest absolute Gasteiger partial charge is 0.490 e. The van der Waals surface area contributed by atoms with Crippen molar-refractivity contribution in [2.75, 3.05) is 18.4 Å². The third-order valence-electron chi connectivity index (χ3n) is 5.99. The summed E-state index contributed by atoms with van der Waals surface area (Å²) >= 11 is 0. The standard InChI is InChI=1S/C25H27N7O2.C2HF3O2/c1-3-14-31-24(33)20-16-27-25(28-18-7-4-6-17(2)15-18)30-23(20)32(31)21-8-5-9-22(29-21)34-19-10-12-26-13-11-19;3-2(4,5)1(6)7/h3-9,15-16,19,26H,1,10-14H2,2H3,(H,27,28,30);(H,6,7). The van der Waals surface area contributed by atoms with E-state index in [1.165, 1.54) is 0 Å². The Balaban J connectivity index is 0.000000493. The van der Waals surface area contributed by atoms with Crippen molar-refractivity contribution in [1.82, 2.24) is 29.6 Å². The molecular weight excluding hydrogens is 543 g/mol. The number of carboxylic acid groups (broad SMARTS) is 1. The van der Waals surface area contributed by atoms with Crippen LogP contribution in [-0.2, 0) is 11.3 Å². The number of carbonyl (C=O) groups is 1. The Hall–Kier alpha value is -4.72. The van der Waals surface area contributed by atoms with Gasteiger partial charge in [-0.3, -0.25) is 4.79 Å². The molecule has 1 fully saturated rings. The zero-order valence-electron chi connectivity index (χ0n) is 22.1. The summed E-state index contributed by atoms with van der Waals surface area (Å²) in [6.45, 7) is 7.99. The van der Waals surface area contributed by atoms with Gasteiger partial charge >= 0.3 is 12.1 Å². The number of hydrogen-bond acceptors (Lipinski definition) is 8. The van der Waals surface area contributed by atoms with Crippen LogP contribution in [0.3, 0.4) is 0 Å². The maximum Gasteiger partial charge on any atom is 0.490 e. The van der Waals surface area contributed by atoms with E-state index in [1.54, 1.807) is 21.6 Å². The van der Waals surface area contributed by atoms with E-state index >= 15 is 0 Å². The summed E-state index contributed by atoms with van der Waals surface area (Å²) in [5, 5.41) is 14.1. The average molecular weight is 572 g/mol. The molecule has 14 heteroatoms. The van der Waals surface area contributed by atoms with Gasteiger partial charge in [0.25, 0.3) is 5.56 Å². The van der Waals surface area contributed by atoms with E-state index in [9.17, 15) is 18.0 Å². The summed E-state index contributed by atoms with van der Waals surface area (Å²) in [7, 11) is 0. The van der Waals surface area contributed by atoms with Crippen molar-refractivity contribution in [2.45, 2.75) is 38.6 Å². The Bertz CT molecular complexity index is 1590. The molecule has 1 saturated heterocycles. The van der Waals surface area contributed by atoms with Crippen LogP contribution in [0, 0.1) is 6.92 Å². The van der Waals surface area contributed by atoms with Crippen molar-refractivity contribution in [3.63, 3.8) is 0 Å². The molecule has 5 rings (SSSR count). The number of piperidine rings is 1. The Kier molecular flexibility index (Phi) is 9.02. The summed E-state index contributed by atoms with van der Waals surface area (Å²) in [4.78, 5) is 35.8. The normalized spacial score (nSPS) is 13.8. The second kappa shape index (κ2) is 12.6. The van der Waals surface area contributed by atoms with Gasteiger partial charge in [-0.2, -0.15) is 23.1 Å². The lowest BCUT2D eigenvalue weighted by atomic mass is 10.1. The van der Waals surface area contributed by atoms with E-state index in [-0.39, 0.29) is 11.7 Å². The molecule has 1 aliphatic rings. The highest BCUT2D eigenvalue weighted by molar-refractivity contribution is 5.77.